The number of hydrogen-bond donors (Lipinski definition) is 1. The first kappa shape index (κ1) is 12.1. The Labute approximate surface area is 94.7 Å². The average Bonchev–Trinajstić information content (AvgIpc) is 2.28. The lowest BCUT2D eigenvalue weighted by Gasteiger charge is -2.05. The average molecular weight is 221 g/mol. The highest BCUT2D eigenvalue weighted by Gasteiger charge is 1.99. The first-order valence-electron chi connectivity index (χ1n) is 5.03. The van der Waals surface area contributed by atoms with Crippen LogP contribution in [0.3, 0.4) is 0 Å². The Morgan fingerprint density at radius 2 is 2.06 bits per heavy atom. The Bertz CT molecular complexity index is 360. The van der Waals surface area contributed by atoms with Gasteiger partial charge < -0.3 is 15.2 Å². The summed E-state index contributed by atoms with van der Waals surface area (Å²) in [4.78, 5) is 11.0. The van der Waals surface area contributed by atoms with Gasteiger partial charge in [0, 0.05) is 6.08 Å². The van der Waals surface area contributed by atoms with E-state index in [1.54, 1.807) is 6.92 Å². The summed E-state index contributed by atoms with van der Waals surface area (Å²) in [7, 11) is 0. The van der Waals surface area contributed by atoms with Crippen molar-refractivity contribution in [2.75, 3.05) is 13.2 Å². The lowest BCUT2D eigenvalue weighted by molar-refractivity contribution is -0.137. The zero-order valence-corrected chi connectivity index (χ0v) is 9.18. The van der Waals surface area contributed by atoms with E-state index in [1.807, 2.05) is 30.3 Å². The van der Waals surface area contributed by atoms with Gasteiger partial charge in [0.15, 0.2) is 0 Å². The molecule has 4 nitrogen and oxygen atoms in total. The summed E-state index contributed by atoms with van der Waals surface area (Å²) >= 11 is 0. The van der Waals surface area contributed by atoms with Gasteiger partial charge in [-0.05, 0) is 19.1 Å². The van der Waals surface area contributed by atoms with Crippen LogP contribution in [0.4, 0.5) is 0 Å². The maximum atomic E-state index is 11.0. The van der Waals surface area contributed by atoms with Crippen molar-refractivity contribution in [2.24, 2.45) is 5.73 Å². The number of carbonyl (C=O) groups is 1. The fourth-order valence-electron chi connectivity index (χ4n) is 1.06. The van der Waals surface area contributed by atoms with Crippen LogP contribution in [0.2, 0.25) is 0 Å². The van der Waals surface area contributed by atoms with E-state index in [9.17, 15) is 4.79 Å². The molecule has 0 unspecified atom stereocenters. The Kier molecular flexibility index (Phi) is 4.92. The number of carbonyl (C=O) groups excluding carboxylic acids is 1. The topological polar surface area (TPSA) is 61.5 Å². The molecule has 0 heterocycles. The van der Waals surface area contributed by atoms with Crippen LogP contribution in [-0.2, 0) is 9.53 Å². The number of nitrogens with two attached hydrogens (primary N) is 1. The first-order valence-corrected chi connectivity index (χ1v) is 5.03. The van der Waals surface area contributed by atoms with Gasteiger partial charge in [-0.1, -0.05) is 18.2 Å². The van der Waals surface area contributed by atoms with Crippen molar-refractivity contribution in [1.82, 2.24) is 0 Å². The highest BCUT2D eigenvalue weighted by Crippen LogP contribution is 2.08. The molecule has 0 aliphatic carbocycles. The Balaban J connectivity index is 2.40. The van der Waals surface area contributed by atoms with Gasteiger partial charge in [0.2, 0.25) is 0 Å². The van der Waals surface area contributed by atoms with Gasteiger partial charge in [-0.25, -0.2) is 4.79 Å². The molecule has 0 saturated heterocycles. The molecule has 0 aliphatic heterocycles. The van der Waals surface area contributed by atoms with Crippen molar-refractivity contribution < 1.29 is 14.3 Å². The maximum absolute atomic E-state index is 11.0. The minimum atomic E-state index is -0.448. The number of ether oxygens (including phenoxy) is 2. The molecule has 0 radical (unpaired) electrons. The predicted molar refractivity (Wildman–Crippen MR) is 60.8 cm³/mol. The number of para-hydroxylation sites is 1. The molecule has 1 rings (SSSR count). The Hall–Kier alpha value is -1.97. The van der Waals surface area contributed by atoms with Crippen molar-refractivity contribution in [3.63, 3.8) is 0 Å². The zero-order valence-electron chi connectivity index (χ0n) is 9.18. The summed E-state index contributed by atoms with van der Waals surface area (Å²) in [6.07, 6.45) is 1.23. The molecule has 2 N–H and O–H groups in total. The summed E-state index contributed by atoms with van der Waals surface area (Å²) in [5.74, 6) is 0.263. The van der Waals surface area contributed by atoms with E-state index in [-0.39, 0.29) is 6.61 Å². The minimum Gasteiger partial charge on any atom is -0.487 e. The largest absolute Gasteiger partial charge is 0.487 e. The van der Waals surface area contributed by atoms with Crippen LogP contribution in [0.15, 0.2) is 42.1 Å². The molecular formula is C12H15NO3. The number of rotatable bonds is 5. The van der Waals surface area contributed by atoms with Gasteiger partial charge in [-0.15, -0.1) is 0 Å². The van der Waals surface area contributed by atoms with Gasteiger partial charge in [0.25, 0.3) is 0 Å². The molecule has 0 aliphatic rings. The summed E-state index contributed by atoms with van der Waals surface area (Å²) < 4.78 is 10.1. The molecule has 0 saturated carbocycles. The SMILES string of the molecule is CCOC(=O)C=C(N)COc1ccccc1. The molecule has 0 atom stereocenters. The van der Waals surface area contributed by atoms with Crippen LogP contribution in [0.1, 0.15) is 6.92 Å². The second-order valence-electron chi connectivity index (χ2n) is 3.07. The Morgan fingerprint density at radius 3 is 2.69 bits per heavy atom. The third-order valence-electron chi connectivity index (χ3n) is 1.74. The molecule has 86 valence electrons. The van der Waals surface area contributed by atoms with Crippen LogP contribution in [0.25, 0.3) is 0 Å². The molecule has 0 bridgehead atoms. The van der Waals surface area contributed by atoms with Gasteiger partial charge in [-0.2, -0.15) is 0 Å². The molecule has 16 heavy (non-hydrogen) atoms. The third-order valence-corrected chi connectivity index (χ3v) is 1.74. The molecule has 0 amide bonds. The van der Waals surface area contributed by atoms with Crippen molar-refractivity contribution in [1.29, 1.82) is 0 Å². The first-order chi connectivity index (χ1) is 7.72. The second kappa shape index (κ2) is 6.50. The molecule has 1 aromatic rings. The predicted octanol–water partition coefficient (Wildman–Crippen LogP) is 1.47. The number of benzene rings is 1. The quantitative estimate of drug-likeness (QED) is 0.604. The van der Waals surface area contributed by atoms with Crippen molar-refractivity contribution >= 4 is 5.97 Å². The standard InChI is InChI=1S/C12H15NO3/c1-2-15-12(14)8-10(13)9-16-11-6-4-3-5-7-11/h3-8H,2,9,13H2,1H3. The van der Waals surface area contributed by atoms with Crippen LogP contribution >= 0.6 is 0 Å². The van der Waals surface area contributed by atoms with Crippen molar-refractivity contribution in [3.8, 4) is 5.75 Å². The minimum absolute atomic E-state index is 0.169. The Morgan fingerprint density at radius 1 is 1.38 bits per heavy atom. The lowest BCUT2D eigenvalue weighted by Crippen LogP contribution is -2.12. The zero-order chi connectivity index (χ0) is 11.8. The van der Waals surface area contributed by atoms with E-state index in [2.05, 4.69) is 0 Å². The highest BCUT2D eigenvalue weighted by molar-refractivity contribution is 5.82. The van der Waals surface area contributed by atoms with Gasteiger partial charge >= 0.3 is 5.97 Å². The van der Waals surface area contributed by atoms with E-state index in [1.165, 1.54) is 6.08 Å². The van der Waals surface area contributed by atoms with E-state index >= 15 is 0 Å². The summed E-state index contributed by atoms with van der Waals surface area (Å²) in [5.41, 5.74) is 5.92. The smallest absolute Gasteiger partial charge is 0.332 e. The van der Waals surface area contributed by atoms with E-state index in [0.717, 1.165) is 0 Å². The number of esters is 1. The van der Waals surface area contributed by atoms with Crippen LogP contribution in [0, 0.1) is 0 Å². The summed E-state index contributed by atoms with van der Waals surface area (Å²) in [5, 5.41) is 0. The van der Waals surface area contributed by atoms with Crippen molar-refractivity contribution in [2.45, 2.75) is 6.92 Å². The van der Waals surface area contributed by atoms with E-state index < -0.39 is 5.97 Å². The monoisotopic (exact) mass is 221 g/mol. The molecule has 4 heteroatoms. The van der Waals surface area contributed by atoms with E-state index in [0.29, 0.717) is 18.1 Å². The normalized spacial score (nSPS) is 10.9. The van der Waals surface area contributed by atoms with Crippen LogP contribution < -0.4 is 10.5 Å². The number of hydrogen-bond acceptors (Lipinski definition) is 4. The third kappa shape index (κ3) is 4.50. The summed E-state index contributed by atoms with van der Waals surface area (Å²) in [6.45, 7) is 2.24. The molecule has 0 fully saturated rings. The maximum Gasteiger partial charge on any atom is 0.332 e. The fraction of sp³-hybridized carbons (Fsp3) is 0.250. The molecule has 0 spiro atoms. The van der Waals surface area contributed by atoms with Crippen LogP contribution in [0.5, 0.6) is 5.75 Å². The second-order valence-corrected chi connectivity index (χ2v) is 3.07. The van der Waals surface area contributed by atoms with Gasteiger partial charge in [-0.3, -0.25) is 0 Å². The van der Waals surface area contributed by atoms with E-state index in [4.69, 9.17) is 15.2 Å². The molecular weight excluding hydrogens is 206 g/mol. The lowest BCUT2D eigenvalue weighted by atomic mass is 10.3. The molecule has 1 aromatic carbocycles. The van der Waals surface area contributed by atoms with Crippen LogP contribution in [-0.4, -0.2) is 19.2 Å². The molecule has 0 aromatic heterocycles. The summed E-state index contributed by atoms with van der Waals surface area (Å²) in [6, 6.07) is 9.25. The fourth-order valence-corrected chi connectivity index (χ4v) is 1.06. The van der Waals surface area contributed by atoms with Gasteiger partial charge in [0.05, 0.1) is 12.3 Å². The van der Waals surface area contributed by atoms with Gasteiger partial charge in [0.1, 0.15) is 12.4 Å². The highest BCUT2D eigenvalue weighted by atomic mass is 16.5. The van der Waals surface area contributed by atoms with Crippen molar-refractivity contribution in [3.05, 3.63) is 42.1 Å².